The molecule has 3 heterocycles. The Morgan fingerprint density at radius 1 is 1.14 bits per heavy atom. The Kier molecular flexibility index (Phi) is 6.04. The number of hydrogen-bond acceptors (Lipinski definition) is 4. The van der Waals surface area contributed by atoms with Gasteiger partial charge in [-0.15, -0.1) is 0 Å². The number of benzene rings is 1. The van der Waals surface area contributed by atoms with Crippen LogP contribution in [0.15, 0.2) is 48.7 Å². The number of nitrogens with zero attached hydrogens (tertiary/aromatic N) is 3. The number of nitrogens with one attached hydrogen (secondary N) is 1. The molecule has 0 aliphatic carbocycles. The van der Waals surface area contributed by atoms with Crippen molar-refractivity contribution in [3.63, 3.8) is 0 Å². The van der Waals surface area contributed by atoms with E-state index in [-0.39, 0.29) is 11.5 Å². The third-order valence-corrected chi connectivity index (χ3v) is 6.23. The molecule has 4 rings (SSSR count). The summed E-state index contributed by atoms with van der Waals surface area (Å²) in [5, 5.41) is 3.05. The van der Waals surface area contributed by atoms with Crippen molar-refractivity contribution in [3.8, 4) is 0 Å². The summed E-state index contributed by atoms with van der Waals surface area (Å²) < 4.78 is 8.64. The summed E-state index contributed by atoms with van der Waals surface area (Å²) in [6, 6.07) is 14.3. The maximum atomic E-state index is 12.8. The normalized spacial score (nSPS) is 22.6. The van der Waals surface area contributed by atoms with Crippen LogP contribution in [0.2, 0.25) is 0 Å². The largest absolute Gasteiger partial charge is 0.359 e. The second kappa shape index (κ2) is 8.69. The Morgan fingerprint density at radius 3 is 2.59 bits per heavy atom. The van der Waals surface area contributed by atoms with Gasteiger partial charge in [-0.2, -0.15) is 0 Å². The molecule has 0 unspecified atom stereocenters. The number of piperidine rings is 1. The number of amides is 1. The molecule has 1 spiro atoms. The van der Waals surface area contributed by atoms with Crippen molar-refractivity contribution >= 4 is 5.91 Å². The van der Waals surface area contributed by atoms with E-state index in [1.54, 1.807) is 0 Å². The molecule has 0 saturated carbocycles. The van der Waals surface area contributed by atoms with E-state index in [4.69, 9.17) is 4.74 Å². The molecule has 29 heavy (non-hydrogen) atoms. The molecule has 2 aliphatic heterocycles. The molecular formula is C23H32N4O2. The molecule has 0 radical (unpaired) electrons. The van der Waals surface area contributed by atoms with Crippen molar-refractivity contribution in [2.45, 2.75) is 37.6 Å². The molecule has 6 heteroatoms. The number of aryl methyl sites for hydroxylation is 1. The Morgan fingerprint density at radius 2 is 1.90 bits per heavy atom. The van der Waals surface area contributed by atoms with Crippen LogP contribution in [0.25, 0.3) is 0 Å². The predicted octanol–water partition coefficient (Wildman–Crippen LogP) is 2.01. The van der Waals surface area contributed by atoms with Crippen LogP contribution >= 0.6 is 0 Å². The fourth-order valence-electron chi connectivity index (χ4n) is 4.54. The predicted molar refractivity (Wildman–Crippen MR) is 113 cm³/mol. The van der Waals surface area contributed by atoms with Crippen LogP contribution in [0.4, 0.5) is 0 Å². The fourth-order valence-corrected chi connectivity index (χ4v) is 4.54. The quantitative estimate of drug-likeness (QED) is 0.840. The van der Waals surface area contributed by atoms with Crippen molar-refractivity contribution in [3.05, 3.63) is 59.9 Å². The van der Waals surface area contributed by atoms with Gasteiger partial charge >= 0.3 is 0 Å². The topological polar surface area (TPSA) is 49.7 Å². The lowest BCUT2D eigenvalue weighted by Crippen LogP contribution is -2.61. The van der Waals surface area contributed by atoms with Crippen molar-refractivity contribution in [2.75, 3.05) is 33.2 Å². The third kappa shape index (κ3) is 4.89. The summed E-state index contributed by atoms with van der Waals surface area (Å²) in [6.45, 7) is 5.05. The highest BCUT2D eigenvalue weighted by atomic mass is 16.5. The van der Waals surface area contributed by atoms with Gasteiger partial charge in [-0.3, -0.25) is 9.69 Å². The van der Waals surface area contributed by atoms with E-state index in [1.807, 2.05) is 30.3 Å². The van der Waals surface area contributed by atoms with Gasteiger partial charge in [0, 0.05) is 58.2 Å². The van der Waals surface area contributed by atoms with Gasteiger partial charge < -0.3 is 19.5 Å². The molecule has 0 bridgehead atoms. The number of rotatable bonds is 5. The fraction of sp³-hybridized carbons (Fsp3) is 0.522. The molecule has 156 valence electrons. The average Bonchev–Trinajstić information content (AvgIpc) is 3.13. The van der Waals surface area contributed by atoms with Crippen LogP contribution in [0, 0.1) is 0 Å². The number of hydrogen-bond donors (Lipinski definition) is 1. The van der Waals surface area contributed by atoms with Crippen LogP contribution < -0.4 is 5.32 Å². The van der Waals surface area contributed by atoms with Gasteiger partial charge in [-0.1, -0.05) is 30.3 Å². The van der Waals surface area contributed by atoms with Crippen molar-refractivity contribution in [1.29, 1.82) is 0 Å². The van der Waals surface area contributed by atoms with Gasteiger partial charge in [0.2, 0.25) is 0 Å². The smallest absolute Gasteiger partial charge is 0.250 e. The first kappa shape index (κ1) is 20.1. The minimum absolute atomic E-state index is 0.00832. The number of morpholine rings is 1. The van der Waals surface area contributed by atoms with Crippen LogP contribution in [-0.2, 0) is 29.7 Å². The molecule has 1 aromatic carbocycles. The van der Waals surface area contributed by atoms with Crippen molar-refractivity contribution in [1.82, 2.24) is 19.7 Å². The maximum absolute atomic E-state index is 12.8. The summed E-state index contributed by atoms with van der Waals surface area (Å²) in [7, 11) is 4.19. The lowest BCUT2D eigenvalue weighted by molar-refractivity contribution is -0.182. The molecule has 1 amide bonds. The Labute approximate surface area is 173 Å². The van der Waals surface area contributed by atoms with Crippen LogP contribution in [0.1, 0.15) is 24.1 Å². The standard InChI is InChI=1S/C23H32N4O2/c1-25-17-21(22(28)24-15-19-7-4-3-5-8-19)29-23(18-25)10-13-27(14-11-23)16-20-9-6-12-26(20)2/h3-9,12,21H,10-11,13-18H2,1-2H3,(H,24,28)/t21-/m0/s1. The Hall–Kier alpha value is -2.15. The van der Waals surface area contributed by atoms with Gasteiger partial charge in [0.05, 0.1) is 5.60 Å². The van der Waals surface area contributed by atoms with Crippen LogP contribution in [-0.4, -0.2) is 65.2 Å². The first-order valence-electron chi connectivity index (χ1n) is 10.5. The maximum Gasteiger partial charge on any atom is 0.250 e. The highest BCUT2D eigenvalue weighted by molar-refractivity contribution is 5.81. The molecule has 2 aliphatic rings. The summed E-state index contributed by atoms with van der Waals surface area (Å²) in [6.07, 6.45) is 3.62. The lowest BCUT2D eigenvalue weighted by atomic mass is 9.88. The van der Waals surface area contributed by atoms with E-state index in [0.29, 0.717) is 13.1 Å². The zero-order valence-electron chi connectivity index (χ0n) is 17.5. The minimum atomic E-state index is -0.406. The molecule has 2 aromatic rings. The molecule has 1 atom stereocenters. The number of ether oxygens (including phenoxy) is 1. The molecular weight excluding hydrogens is 364 g/mol. The average molecular weight is 397 g/mol. The second-order valence-electron chi connectivity index (χ2n) is 8.58. The van der Waals surface area contributed by atoms with Crippen molar-refractivity contribution < 1.29 is 9.53 Å². The summed E-state index contributed by atoms with van der Waals surface area (Å²) in [5.41, 5.74) is 2.22. The van der Waals surface area contributed by atoms with Gasteiger partial charge in [0.25, 0.3) is 5.91 Å². The molecule has 2 fully saturated rings. The first-order valence-corrected chi connectivity index (χ1v) is 10.5. The monoisotopic (exact) mass is 396 g/mol. The molecule has 1 N–H and O–H groups in total. The highest BCUT2D eigenvalue weighted by Crippen LogP contribution is 2.32. The van der Waals surface area contributed by atoms with E-state index < -0.39 is 6.10 Å². The Bertz CT molecular complexity index is 811. The number of likely N-dealkylation sites (tertiary alicyclic amines) is 1. The number of likely N-dealkylation sites (N-methyl/N-ethyl adjacent to an activating group) is 1. The second-order valence-corrected chi connectivity index (χ2v) is 8.58. The zero-order valence-corrected chi connectivity index (χ0v) is 17.5. The highest BCUT2D eigenvalue weighted by Gasteiger charge is 2.44. The summed E-state index contributed by atoms with van der Waals surface area (Å²) in [4.78, 5) is 17.5. The van der Waals surface area contributed by atoms with Gasteiger partial charge in [0.15, 0.2) is 0 Å². The molecule has 1 aromatic heterocycles. The lowest BCUT2D eigenvalue weighted by Gasteiger charge is -2.48. The van der Waals surface area contributed by atoms with E-state index >= 15 is 0 Å². The van der Waals surface area contributed by atoms with Gasteiger partial charge in [-0.25, -0.2) is 0 Å². The Balaban J connectivity index is 1.32. The van der Waals surface area contributed by atoms with E-state index in [1.165, 1.54) is 5.69 Å². The van der Waals surface area contributed by atoms with Gasteiger partial charge in [0.1, 0.15) is 6.10 Å². The summed E-state index contributed by atoms with van der Waals surface area (Å²) >= 11 is 0. The number of carbonyl (C=O) groups excluding carboxylic acids is 1. The van der Waals surface area contributed by atoms with Gasteiger partial charge in [-0.05, 0) is 37.6 Å². The van der Waals surface area contributed by atoms with E-state index in [9.17, 15) is 4.79 Å². The SMILES string of the molecule is CN1C[C@@H](C(=O)NCc2ccccc2)OC2(CCN(Cc3cccn3C)CC2)C1. The van der Waals surface area contributed by atoms with Crippen LogP contribution in [0.5, 0.6) is 0 Å². The first-order chi connectivity index (χ1) is 14.0. The number of aromatic nitrogens is 1. The van der Waals surface area contributed by atoms with E-state index in [0.717, 1.165) is 44.6 Å². The van der Waals surface area contributed by atoms with Crippen LogP contribution in [0.3, 0.4) is 0 Å². The summed E-state index contributed by atoms with van der Waals surface area (Å²) in [5.74, 6) is -0.00832. The molecule has 2 saturated heterocycles. The third-order valence-electron chi connectivity index (χ3n) is 6.23. The number of carbonyl (C=O) groups is 1. The zero-order chi connectivity index (χ0) is 20.3. The van der Waals surface area contributed by atoms with E-state index in [2.05, 4.69) is 52.1 Å². The van der Waals surface area contributed by atoms with Crippen molar-refractivity contribution in [2.24, 2.45) is 7.05 Å². The molecule has 6 nitrogen and oxygen atoms in total. The minimum Gasteiger partial charge on any atom is -0.359 e.